The minimum Gasteiger partial charge on any atom is -0.360 e. The maximum atomic E-state index is 12.7. The Morgan fingerprint density at radius 1 is 1.13 bits per heavy atom. The molecule has 1 unspecified atom stereocenters. The van der Waals surface area contributed by atoms with Crippen molar-refractivity contribution in [1.29, 1.82) is 0 Å². The van der Waals surface area contributed by atoms with Gasteiger partial charge in [0, 0.05) is 18.0 Å². The molecular weight excluding hydrogens is 290 g/mol. The number of benzene rings is 1. The average Bonchev–Trinajstić information content (AvgIpc) is 2.98. The number of hydrogen-bond donors (Lipinski definition) is 1. The third kappa shape index (κ3) is 3.13. The molecule has 0 saturated carbocycles. The number of rotatable bonds is 4. The summed E-state index contributed by atoms with van der Waals surface area (Å²) in [6.45, 7) is 3.67. The van der Waals surface area contributed by atoms with Gasteiger partial charge in [-0.3, -0.25) is 9.78 Å². The smallest absolute Gasteiger partial charge is 0.257 e. The molecule has 2 aromatic heterocycles. The highest BCUT2D eigenvalue weighted by Crippen LogP contribution is 2.25. The number of carbonyl (C=O) groups excluding carboxylic acids is 1. The Balaban J connectivity index is 1.87. The van der Waals surface area contributed by atoms with E-state index in [-0.39, 0.29) is 11.9 Å². The Labute approximate surface area is 134 Å². The van der Waals surface area contributed by atoms with Crippen LogP contribution >= 0.6 is 0 Å². The first kappa shape index (κ1) is 15.0. The van der Waals surface area contributed by atoms with E-state index in [2.05, 4.69) is 15.5 Å². The van der Waals surface area contributed by atoms with E-state index in [0.717, 1.165) is 11.1 Å². The van der Waals surface area contributed by atoms with Gasteiger partial charge in [0.2, 0.25) is 0 Å². The Kier molecular flexibility index (Phi) is 4.19. The molecule has 0 aliphatic rings. The maximum Gasteiger partial charge on any atom is 0.257 e. The number of nitrogens with one attached hydrogen (secondary N) is 1. The summed E-state index contributed by atoms with van der Waals surface area (Å²) in [5, 5.41) is 7.02. The molecule has 5 nitrogen and oxygen atoms in total. The Bertz CT molecular complexity index is 798. The molecule has 3 aromatic rings. The van der Waals surface area contributed by atoms with E-state index in [9.17, 15) is 4.79 Å². The van der Waals surface area contributed by atoms with E-state index in [4.69, 9.17) is 4.52 Å². The largest absolute Gasteiger partial charge is 0.360 e. The second-order valence-corrected chi connectivity index (χ2v) is 5.30. The molecule has 0 fully saturated rings. The lowest BCUT2D eigenvalue weighted by Crippen LogP contribution is -2.27. The van der Waals surface area contributed by atoms with Crippen molar-refractivity contribution < 1.29 is 9.32 Å². The van der Waals surface area contributed by atoms with Gasteiger partial charge >= 0.3 is 0 Å². The number of aryl methyl sites for hydroxylation is 1. The molecule has 0 aliphatic carbocycles. The van der Waals surface area contributed by atoms with E-state index in [0.29, 0.717) is 17.0 Å². The summed E-state index contributed by atoms with van der Waals surface area (Å²) >= 11 is 0. The van der Waals surface area contributed by atoms with Gasteiger partial charge in [-0.2, -0.15) is 0 Å². The molecule has 1 aromatic carbocycles. The monoisotopic (exact) mass is 307 g/mol. The van der Waals surface area contributed by atoms with Crippen LogP contribution in [0, 0.1) is 6.92 Å². The summed E-state index contributed by atoms with van der Waals surface area (Å²) in [6, 6.07) is 13.2. The van der Waals surface area contributed by atoms with E-state index in [1.54, 1.807) is 19.3 Å². The van der Waals surface area contributed by atoms with Gasteiger partial charge in [0.25, 0.3) is 5.91 Å². The van der Waals surface area contributed by atoms with Crippen LogP contribution in [0.25, 0.3) is 11.3 Å². The second kappa shape index (κ2) is 6.44. The second-order valence-electron chi connectivity index (χ2n) is 5.30. The fourth-order valence-electron chi connectivity index (χ4n) is 2.44. The molecule has 5 heteroatoms. The van der Waals surface area contributed by atoms with Crippen LogP contribution in [-0.2, 0) is 0 Å². The Morgan fingerprint density at radius 2 is 1.83 bits per heavy atom. The van der Waals surface area contributed by atoms with Crippen molar-refractivity contribution in [3.05, 3.63) is 71.7 Å². The van der Waals surface area contributed by atoms with Crippen LogP contribution in [0.2, 0.25) is 0 Å². The number of pyridine rings is 1. The van der Waals surface area contributed by atoms with Crippen LogP contribution in [0.1, 0.15) is 34.6 Å². The highest BCUT2D eigenvalue weighted by Gasteiger charge is 2.22. The van der Waals surface area contributed by atoms with Gasteiger partial charge in [0.1, 0.15) is 17.0 Å². The van der Waals surface area contributed by atoms with Gasteiger partial charge in [0.05, 0.1) is 6.04 Å². The van der Waals surface area contributed by atoms with Crippen molar-refractivity contribution in [2.75, 3.05) is 0 Å². The molecule has 1 atom stereocenters. The quantitative estimate of drug-likeness (QED) is 0.800. The maximum absolute atomic E-state index is 12.7. The summed E-state index contributed by atoms with van der Waals surface area (Å²) in [6.07, 6.45) is 3.41. The topological polar surface area (TPSA) is 68.0 Å². The van der Waals surface area contributed by atoms with Crippen LogP contribution in [-0.4, -0.2) is 16.0 Å². The lowest BCUT2D eigenvalue weighted by Gasteiger charge is -2.14. The average molecular weight is 307 g/mol. The third-order valence-electron chi connectivity index (χ3n) is 3.69. The van der Waals surface area contributed by atoms with Crippen molar-refractivity contribution in [3.63, 3.8) is 0 Å². The summed E-state index contributed by atoms with van der Waals surface area (Å²) in [7, 11) is 0. The van der Waals surface area contributed by atoms with Crippen molar-refractivity contribution in [2.45, 2.75) is 19.9 Å². The fraction of sp³-hybridized carbons (Fsp3) is 0.167. The summed E-state index contributed by atoms with van der Waals surface area (Å²) < 4.78 is 5.24. The number of amides is 1. The van der Waals surface area contributed by atoms with E-state index >= 15 is 0 Å². The minimum atomic E-state index is -0.202. The molecule has 1 amide bonds. The van der Waals surface area contributed by atoms with E-state index in [1.165, 1.54) is 0 Å². The zero-order valence-corrected chi connectivity index (χ0v) is 13.0. The summed E-state index contributed by atoms with van der Waals surface area (Å²) in [5.74, 6) is 0.301. The highest BCUT2D eigenvalue weighted by atomic mass is 16.5. The molecule has 2 heterocycles. The Hall–Kier alpha value is -2.95. The van der Waals surface area contributed by atoms with Crippen LogP contribution < -0.4 is 5.32 Å². The van der Waals surface area contributed by atoms with Crippen molar-refractivity contribution in [1.82, 2.24) is 15.5 Å². The first-order chi connectivity index (χ1) is 11.2. The molecule has 0 saturated heterocycles. The molecule has 0 spiro atoms. The molecule has 0 radical (unpaired) electrons. The normalized spacial score (nSPS) is 11.9. The van der Waals surface area contributed by atoms with Crippen LogP contribution in [0.15, 0.2) is 59.4 Å². The predicted octanol–water partition coefficient (Wildman–Crippen LogP) is 3.54. The van der Waals surface area contributed by atoms with Crippen molar-refractivity contribution >= 4 is 5.91 Å². The first-order valence-electron chi connectivity index (χ1n) is 7.39. The van der Waals surface area contributed by atoms with Crippen LogP contribution in [0.4, 0.5) is 0 Å². The molecule has 116 valence electrons. The SMILES string of the molecule is Cc1onc(-c2ccccc2)c1C(=O)NC(C)c1ccncc1. The first-order valence-corrected chi connectivity index (χ1v) is 7.39. The summed E-state index contributed by atoms with van der Waals surface area (Å²) in [4.78, 5) is 16.7. The molecule has 23 heavy (non-hydrogen) atoms. The van der Waals surface area contributed by atoms with Crippen LogP contribution in [0.5, 0.6) is 0 Å². The zero-order valence-electron chi connectivity index (χ0n) is 13.0. The third-order valence-corrected chi connectivity index (χ3v) is 3.69. The van der Waals surface area contributed by atoms with Gasteiger partial charge in [-0.1, -0.05) is 35.5 Å². The lowest BCUT2D eigenvalue weighted by atomic mass is 10.0. The molecule has 3 rings (SSSR count). The Morgan fingerprint density at radius 3 is 2.52 bits per heavy atom. The van der Waals surface area contributed by atoms with Crippen molar-refractivity contribution in [3.8, 4) is 11.3 Å². The lowest BCUT2D eigenvalue weighted by molar-refractivity contribution is 0.0939. The van der Waals surface area contributed by atoms with Gasteiger partial charge in [-0.05, 0) is 31.5 Å². The van der Waals surface area contributed by atoms with E-state index < -0.39 is 0 Å². The van der Waals surface area contributed by atoms with Crippen LogP contribution in [0.3, 0.4) is 0 Å². The van der Waals surface area contributed by atoms with E-state index in [1.807, 2.05) is 49.4 Å². The van der Waals surface area contributed by atoms with Crippen molar-refractivity contribution in [2.24, 2.45) is 0 Å². The number of aromatic nitrogens is 2. The summed E-state index contributed by atoms with van der Waals surface area (Å²) in [5.41, 5.74) is 2.87. The molecule has 0 bridgehead atoms. The zero-order chi connectivity index (χ0) is 16.2. The molecule has 0 aliphatic heterocycles. The number of carbonyl (C=O) groups is 1. The predicted molar refractivity (Wildman–Crippen MR) is 86.8 cm³/mol. The molecule has 1 N–H and O–H groups in total. The standard InChI is InChI=1S/C18H17N3O2/c1-12(14-8-10-19-11-9-14)20-18(22)16-13(2)23-21-17(16)15-6-4-3-5-7-15/h3-12H,1-2H3,(H,20,22). The number of hydrogen-bond acceptors (Lipinski definition) is 4. The fourth-order valence-corrected chi connectivity index (χ4v) is 2.44. The highest BCUT2D eigenvalue weighted by molar-refractivity contribution is 6.00. The van der Waals surface area contributed by atoms with Gasteiger partial charge in [0.15, 0.2) is 0 Å². The van der Waals surface area contributed by atoms with Gasteiger partial charge in [-0.15, -0.1) is 0 Å². The molecular formula is C18H17N3O2. The number of nitrogens with zero attached hydrogens (tertiary/aromatic N) is 2. The van der Waals surface area contributed by atoms with Gasteiger partial charge < -0.3 is 9.84 Å². The van der Waals surface area contributed by atoms with Gasteiger partial charge in [-0.25, -0.2) is 0 Å². The minimum absolute atomic E-state index is 0.136.